The summed E-state index contributed by atoms with van der Waals surface area (Å²) in [4.78, 5) is 11.1. The smallest absolute Gasteiger partial charge is 0.238 e. The van der Waals surface area contributed by atoms with Gasteiger partial charge in [0, 0.05) is 29.8 Å². The Morgan fingerprint density at radius 3 is 3.00 bits per heavy atom. The molecule has 0 bridgehead atoms. The summed E-state index contributed by atoms with van der Waals surface area (Å²) >= 11 is 0. The fraction of sp³-hybridized carbons (Fsp3) is 0.182. The summed E-state index contributed by atoms with van der Waals surface area (Å²) in [5.41, 5.74) is 7.14. The van der Waals surface area contributed by atoms with E-state index in [4.69, 9.17) is 5.73 Å². The molecule has 3 N–H and O–H groups in total. The number of benzene rings is 1. The lowest BCUT2D eigenvalue weighted by Gasteiger charge is -2.03. The Morgan fingerprint density at radius 1 is 1.47 bits per heavy atom. The van der Waals surface area contributed by atoms with Gasteiger partial charge in [-0.3, -0.25) is 4.79 Å². The van der Waals surface area contributed by atoms with Crippen LogP contribution in [0.2, 0.25) is 0 Å². The molecule has 0 aliphatic heterocycles. The van der Waals surface area contributed by atoms with Crippen LogP contribution in [0.4, 0.5) is 5.69 Å². The van der Waals surface area contributed by atoms with Crippen LogP contribution in [-0.2, 0) is 11.8 Å². The summed E-state index contributed by atoms with van der Waals surface area (Å²) in [5.74, 6) is -0.176. The monoisotopic (exact) mass is 203 g/mol. The van der Waals surface area contributed by atoms with E-state index < -0.39 is 0 Å². The quantitative estimate of drug-likeness (QED) is 0.767. The Bertz CT molecular complexity index is 502. The maximum Gasteiger partial charge on any atom is 0.238 e. The molecule has 0 unspecified atom stereocenters. The van der Waals surface area contributed by atoms with Gasteiger partial charge in [0.15, 0.2) is 0 Å². The van der Waals surface area contributed by atoms with Gasteiger partial charge < -0.3 is 15.6 Å². The van der Waals surface area contributed by atoms with E-state index >= 15 is 0 Å². The summed E-state index contributed by atoms with van der Waals surface area (Å²) in [6, 6.07) is 7.79. The first-order valence-electron chi connectivity index (χ1n) is 4.75. The van der Waals surface area contributed by atoms with Gasteiger partial charge in [-0.1, -0.05) is 0 Å². The van der Waals surface area contributed by atoms with E-state index in [0.29, 0.717) is 0 Å². The number of hydrogen-bond acceptors (Lipinski definition) is 2. The highest BCUT2D eigenvalue weighted by Crippen LogP contribution is 2.19. The van der Waals surface area contributed by atoms with Crippen LogP contribution in [-0.4, -0.2) is 17.0 Å². The Kier molecular flexibility index (Phi) is 2.43. The number of aryl methyl sites for hydroxylation is 1. The molecule has 1 heterocycles. The topological polar surface area (TPSA) is 60.0 Å². The molecule has 1 amide bonds. The highest BCUT2D eigenvalue weighted by atomic mass is 16.1. The predicted molar refractivity (Wildman–Crippen MR) is 60.6 cm³/mol. The molecule has 0 radical (unpaired) electrons. The lowest BCUT2D eigenvalue weighted by Crippen LogP contribution is -2.21. The number of nitrogens with two attached hydrogens (primary N) is 1. The second-order valence-electron chi connectivity index (χ2n) is 3.45. The van der Waals surface area contributed by atoms with Gasteiger partial charge in [0.25, 0.3) is 0 Å². The first-order chi connectivity index (χ1) is 7.20. The summed E-state index contributed by atoms with van der Waals surface area (Å²) in [7, 11) is 1.99. The van der Waals surface area contributed by atoms with Gasteiger partial charge in [-0.25, -0.2) is 0 Å². The van der Waals surface area contributed by atoms with Crippen LogP contribution in [0.3, 0.4) is 0 Å². The van der Waals surface area contributed by atoms with E-state index in [9.17, 15) is 4.79 Å². The van der Waals surface area contributed by atoms with Gasteiger partial charge >= 0.3 is 0 Å². The minimum atomic E-state index is -0.176. The zero-order chi connectivity index (χ0) is 10.8. The maximum atomic E-state index is 11.1. The van der Waals surface area contributed by atoms with Gasteiger partial charge in [0.2, 0.25) is 5.91 Å². The minimum absolute atomic E-state index is 0.00677. The minimum Gasteiger partial charge on any atom is -0.351 e. The van der Waals surface area contributed by atoms with Crippen LogP contribution in [0.15, 0.2) is 30.5 Å². The second kappa shape index (κ2) is 3.74. The van der Waals surface area contributed by atoms with Crippen LogP contribution in [0.25, 0.3) is 10.9 Å². The Hall–Kier alpha value is -1.81. The number of aromatic nitrogens is 1. The fourth-order valence-corrected chi connectivity index (χ4v) is 1.57. The zero-order valence-electron chi connectivity index (χ0n) is 8.53. The number of nitrogens with zero attached hydrogens (tertiary/aromatic N) is 1. The van der Waals surface area contributed by atoms with Crippen molar-refractivity contribution < 1.29 is 4.79 Å². The van der Waals surface area contributed by atoms with Crippen LogP contribution >= 0.6 is 0 Å². The number of carbonyl (C=O) groups is 1. The molecule has 0 aliphatic carbocycles. The van der Waals surface area contributed by atoms with E-state index in [1.807, 2.05) is 42.1 Å². The Balaban J connectivity index is 2.35. The van der Waals surface area contributed by atoms with Crippen LogP contribution in [0.5, 0.6) is 0 Å². The molecule has 2 aromatic rings. The second-order valence-corrected chi connectivity index (χ2v) is 3.45. The zero-order valence-corrected chi connectivity index (χ0v) is 8.53. The van der Waals surface area contributed by atoms with Crippen molar-refractivity contribution in [3.05, 3.63) is 30.5 Å². The molecule has 4 nitrogen and oxygen atoms in total. The summed E-state index contributed by atoms with van der Waals surface area (Å²) in [5, 5.41) is 3.82. The van der Waals surface area contributed by atoms with Crippen LogP contribution < -0.4 is 11.1 Å². The number of anilines is 1. The van der Waals surface area contributed by atoms with Gasteiger partial charge in [-0.15, -0.1) is 0 Å². The lowest BCUT2D eigenvalue weighted by atomic mass is 10.2. The summed E-state index contributed by atoms with van der Waals surface area (Å²) in [6.07, 6.45) is 1.99. The lowest BCUT2D eigenvalue weighted by molar-refractivity contribution is -0.114. The molecular formula is C11H13N3O. The largest absolute Gasteiger partial charge is 0.351 e. The fourth-order valence-electron chi connectivity index (χ4n) is 1.57. The number of amides is 1. The van der Waals surface area contributed by atoms with Crippen molar-refractivity contribution >= 4 is 22.5 Å². The van der Waals surface area contributed by atoms with Crippen molar-refractivity contribution in [2.75, 3.05) is 11.9 Å². The highest BCUT2D eigenvalue weighted by molar-refractivity contribution is 5.94. The normalized spacial score (nSPS) is 10.5. The average molecular weight is 203 g/mol. The molecular weight excluding hydrogens is 190 g/mol. The molecule has 0 spiro atoms. The molecule has 4 heteroatoms. The van der Waals surface area contributed by atoms with E-state index in [0.717, 1.165) is 16.6 Å². The SMILES string of the molecule is Cn1ccc2cc(NC(=O)CN)ccc21. The highest BCUT2D eigenvalue weighted by Gasteiger charge is 2.02. The first-order valence-corrected chi connectivity index (χ1v) is 4.75. The number of fused-ring (bicyclic) bond motifs is 1. The molecule has 15 heavy (non-hydrogen) atoms. The van der Waals surface area contributed by atoms with E-state index in [-0.39, 0.29) is 12.5 Å². The number of nitrogens with one attached hydrogen (secondary N) is 1. The first kappa shape index (κ1) is 9.73. The van der Waals surface area contributed by atoms with E-state index in [1.165, 1.54) is 0 Å². The average Bonchev–Trinajstić information content (AvgIpc) is 2.60. The Morgan fingerprint density at radius 2 is 2.27 bits per heavy atom. The number of hydrogen-bond donors (Lipinski definition) is 2. The van der Waals surface area contributed by atoms with Crippen LogP contribution in [0.1, 0.15) is 0 Å². The van der Waals surface area contributed by atoms with Crippen molar-refractivity contribution in [1.29, 1.82) is 0 Å². The maximum absolute atomic E-state index is 11.1. The standard InChI is InChI=1S/C11H13N3O/c1-14-5-4-8-6-9(2-3-10(8)14)13-11(15)7-12/h2-6H,7,12H2,1H3,(H,13,15). The molecule has 0 saturated carbocycles. The third-order valence-corrected chi connectivity index (χ3v) is 2.35. The van der Waals surface area contributed by atoms with Crippen LogP contribution in [0, 0.1) is 0 Å². The molecule has 1 aromatic carbocycles. The van der Waals surface area contributed by atoms with Crippen molar-refractivity contribution in [2.24, 2.45) is 12.8 Å². The molecule has 0 atom stereocenters. The van der Waals surface area contributed by atoms with Crippen molar-refractivity contribution in [2.45, 2.75) is 0 Å². The third-order valence-electron chi connectivity index (χ3n) is 2.35. The van der Waals surface area contributed by atoms with Gasteiger partial charge in [0.1, 0.15) is 0 Å². The molecule has 1 aromatic heterocycles. The summed E-state index contributed by atoms with van der Waals surface area (Å²) in [6.45, 7) is 0.00677. The molecule has 78 valence electrons. The van der Waals surface area contributed by atoms with Crippen molar-refractivity contribution in [3.63, 3.8) is 0 Å². The van der Waals surface area contributed by atoms with Gasteiger partial charge in [-0.05, 0) is 24.3 Å². The van der Waals surface area contributed by atoms with Gasteiger partial charge in [0.05, 0.1) is 6.54 Å². The van der Waals surface area contributed by atoms with Crippen molar-refractivity contribution in [1.82, 2.24) is 4.57 Å². The molecule has 0 fully saturated rings. The summed E-state index contributed by atoms with van der Waals surface area (Å²) < 4.78 is 2.03. The third kappa shape index (κ3) is 1.85. The molecule has 2 rings (SSSR count). The molecule has 0 aliphatic rings. The molecule has 0 saturated heterocycles. The predicted octanol–water partition coefficient (Wildman–Crippen LogP) is 1.08. The number of rotatable bonds is 2. The number of carbonyl (C=O) groups excluding carboxylic acids is 1. The van der Waals surface area contributed by atoms with Gasteiger partial charge in [-0.2, -0.15) is 0 Å². The van der Waals surface area contributed by atoms with Crippen molar-refractivity contribution in [3.8, 4) is 0 Å². The Labute approximate surface area is 87.7 Å². The van der Waals surface area contributed by atoms with E-state index in [1.54, 1.807) is 0 Å². The van der Waals surface area contributed by atoms with E-state index in [2.05, 4.69) is 5.32 Å².